The number of rotatable bonds is 5. The van der Waals surface area contributed by atoms with Crippen LogP contribution in [0.25, 0.3) is 0 Å². The standard InChI is InChI=1S/C20H18BrClN2O5/c1-9-4-12(21)13(22)6-14(9)23-15(25)8-29-16(26)7-24-19(27)17-10-2-3-11(5-10)18(17)20(24)28/h2-4,6,10-11,17-18H,5,7-8H2,1H3,(H,23,25)/t10-,11-,17+,18+/m0/s1. The molecule has 3 amide bonds. The molecule has 1 aromatic carbocycles. The van der Waals surface area contributed by atoms with E-state index < -0.39 is 25.0 Å². The zero-order chi connectivity index (χ0) is 20.9. The molecule has 0 aromatic heterocycles. The maximum absolute atomic E-state index is 12.6. The van der Waals surface area contributed by atoms with Gasteiger partial charge >= 0.3 is 5.97 Å². The molecule has 0 radical (unpaired) electrons. The van der Waals surface area contributed by atoms with E-state index in [1.165, 1.54) is 0 Å². The molecule has 152 valence electrons. The van der Waals surface area contributed by atoms with Crippen LogP contribution in [0.15, 0.2) is 28.8 Å². The van der Waals surface area contributed by atoms with Crippen molar-refractivity contribution in [2.75, 3.05) is 18.5 Å². The van der Waals surface area contributed by atoms with Gasteiger partial charge in [-0.05, 0) is 58.8 Å². The molecule has 4 atom stereocenters. The van der Waals surface area contributed by atoms with Gasteiger partial charge in [0.1, 0.15) is 6.54 Å². The predicted molar refractivity (Wildman–Crippen MR) is 108 cm³/mol. The van der Waals surface area contributed by atoms with Crippen LogP contribution in [0.1, 0.15) is 12.0 Å². The Kier molecular flexibility index (Phi) is 5.25. The van der Waals surface area contributed by atoms with Gasteiger partial charge < -0.3 is 10.1 Å². The number of carbonyl (C=O) groups excluding carboxylic acids is 4. The predicted octanol–water partition coefficient (Wildman–Crippen LogP) is 2.70. The molecule has 4 rings (SSSR count). The Morgan fingerprint density at radius 1 is 1.21 bits per heavy atom. The Morgan fingerprint density at radius 3 is 2.45 bits per heavy atom. The first kappa shape index (κ1) is 20.1. The van der Waals surface area contributed by atoms with Crippen LogP contribution in [0.3, 0.4) is 0 Å². The fraction of sp³-hybridized carbons (Fsp3) is 0.400. The van der Waals surface area contributed by atoms with Crippen molar-refractivity contribution in [2.24, 2.45) is 23.7 Å². The Balaban J connectivity index is 1.31. The van der Waals surface area contributed by atoms with Crippen LogP contribution in [0.4, 0.5) is 5.69 Å². The Morgan fingerprint density at radius 2 is 1.83 bits per heavy atom. The van der Waals surface area contributed by atoms with Crippen molar-refractivity contribution >= 4 is 56.9 Å². The summed E-state index contributed by atoms with van der Waals surface area (Å²) in [7, 11) is 0. The van der Waals surface area contributed by atoms with Gasteiger partial charge in [0.15, 0.2) is 6.61 Å². The quantitative estimate of drug-likeness (QED) is 0.397. The topological polar surface area (TPSA) is 92.8 Å². The van der Waals surface area contributed by atoms with E-state index in [1.807, 2.05) is 12.2 Å². The molecule has 1 saturated heterocycles. The summed E-state index contributed by atoms with van der Waals surface area (Å²) in [5, 5.41) is 3.05. The van der Waals surface area contributed by atoms with E-state index in [9.17, 15) is 19.2 Å². The largest absolute Gasteiger partial charge is 0.454 e. The lowest BCUT2D eigenvalue weighted by Gasteiger charge is -2.16. The maximum Gasteiger partial charge on any atom is 0.326 e. The van der Waals surface area contributed by atoms with Gasteiger partial charge in [-0.25, -0.2) is 0 Å². The number of halogens is 2. The molecule has 2 aliphatic carbocycles. The lowest BCUT2D eigenvalue weighted by atomic mass is 9.85. The van der Waals surface area contributed by atoms with Crippen LogP contribution in [-0.4, -0.2) is 41.7 Å². The fourth-order valence-corrected chi connectivity index (χ4v) is 5.03. The molecular weight excluding hydrogens is 464 g/mol. The number of benzene rings is 1. The lowest BCUT2D eigenvalue weighted by molar-refractivity contribution is -0.154. The number of anilines is 1. The van der Waals surface area contributed by atoms with E-state index in [2.05, 4.69) is 21.2 Å². The van der Waals surface area contributed by atoms with Crippen molar-refractivity contribution in [3.8, 4) is 0 Å². The number of nitrogens with one attached hydrogen (secondary N) is 1. The van der Waals surface area contributed by atoms with Crippen molar-refractivity contribution in [1.82, 2.24) is 4.90 Å². The average molecular weight is 482 g/mol. The van der Waals surface area contributed by atoms with Crippen LogP contribution < -0.4 is 5.32 Å². The monoisotopic (exact) mass is 480 g/mol. The van der Waals surface area contributed by atoms with Gasteiger partial charge in [0.05, 0.1) is 16.9 Å². The van der Waals surface area contributed by atoms with E-state index in [1.54, 1.807) is 19.1 Å². The number of amides is 3. The number of nitrogens with zero attached hydrogens (tertiary/aromatic N) is 1. The minimum Gasteiger partial charge on any atom is -0.454 e. The molecule has 7 nitrogen and oxygen atoms in total. The highest BCUT2D eigenvalue weighted by Gasteiger charge is 2.59. The molecule has 3 aliphatic rings. The Bertz CT molecular complexity index is 932. The number of carbonyl (C=O) groups is 4. The van der Waals surface area contributed by atoms with Gasteiger partial charge in [0.2, 0.25) is 11.8 Å². The summed E-state index contributed by atoms with van der Waals surface area (Å²) in [6.07, 6.45) is 4.80. The molecule has 9 heteroatoms. The summed E-state index contributed by atoms with van der Waals surface area (Å²) in [5.74, 6) is -2.55. The second kappa shape index (κ2) is 7.57. The minimum absolute atomic E-state index is 0.0780. The molecule has 1 heterocycles. The number of esters is 1. The first-order chi connectivity index (χ1) is 13.8. The summed E-state index contributed by atoms with van der Waals surface area (Å²) in [6.45, 7) is 0.800. The summed E-state index contributed by atoms with van der Waals surface area (Å²) >= 11 is 9.33. The van der Waals surface area contributed by atoms with E-state index in [4.69, 9.17) is 16.3 Å². The lowest BCUT2D eigenvalue weighted by Crippen LogP contribution is -2.38. The maximum atomic E-state index is 12.6. The molecule has 0 unspecified atom stereocenters. The summed E-state index contributed by atoms with van der Waals surface area (Å²) in [5.41, 5.74) is 1.28. The zero-order valence-electron chi connectivity index (χ0n) is 15.5. The van der Waals surface area contributed by atoms with E-state index in [-0.39, 0.29) is 35.5 Å². The highest BCUT2D eigenvalue weighted by molar-refractivity contribution is 9.10. The van der Waals surface area contributed by atoms with Gasteiger partial charge in [-0.3, -0.25) is 24.1 Å². The number of fused-ring (bicyclic) bond motifs is 5. The molecule has 1 aromatic rings. The van der Waals surface area contributed by atoms with Gasteiger partial charge in [0.25, 0.3) is 5.91 Å². The number of hydrogen-bond acceptors (Lipinski definition) is 5. The zero-order valence-corrected chi connectivity index (χ0v) is 17.8. The highest BCUT2D eigenvalue weighted by Crippen LogP contribution is 2.52. The van der Waals surface area contributed by atoms with Gasteiger partial charge in [-0.2, -0.15) is 0 Å². The normalized spacial score (nSPS) is 26.8. The smallest absolute Gasteiger partial charge is 0.326 e. The van der Waals surface area contributed by atoms with Crippen LogP contribution in [0, 0.1) is 30.6 Å². The number of aryl methyl sites for hydroxylation is 1. The molecule has 0 spiro atoms. The van der Waals surface area contributed by atoms with Crippen molar-refractivity contribution in [3.05, 3.63) is 39.3 Å². The molecule has 2 bridgehead atoms. The molecule has 1 saturated carbocycles. The third kappa shape index (κ3) is 3.59. The average Bonchev–Trinajstić information content (AvgIpc) is 3.34. The van der Waals surface area contributed by atoms with Gasteiger partial charge in [0, 0.05) is 10.2 Å². The van der Waals surface area contributed by atoms with Gasteiger partial charge in [-0.1, -0.05) is 23.8 Å². The molecular formula is C20H18BrClN2O5. The summed E-state index contributed by atoms with van der Waals surface area (Å²) in [6, 6.07) is 3.34. The number of imide groups is 1. The molecule has 1 N–H and O–H groups in total. The first-order valence-corrected chi connectivity index (χ1v) is 10.4. The highest BCUT2D eigenvalue weighted by atomic mass is 79.9. The second-order valence-electron chi connectivity index (χ2n) is 7.55. The Hall–Kier alpha value is -2.19. The summed E-state index contributed by atoms with van der Waals surface area (Å²) < 4.78 is 5.67. The van der Waals surface area contributed by atoms with E-state index >= 15 is 0 Å². The van der Waals surface area contributed by atoms with Crippen LogP contribution in [0.5, 0.6) is 0 Å². The number of ether oxygens (including phenoxy) is 1. The number of likely N-dealkylation sites (tertiary alicyclic amines) is 1. The minimum atomic E-state index is -0.798. The fourth-order valence-electron chi connectivity index (χ4n) is 4.41. The van der Waals surface area contributed by atoms with E-state index in [0.29, 0.717) is 15.2 Å². The molecule has 29 heavy (non-hydrogen) atoms. The van der Waals surface area contributed by atoms with Crippen molar-refractivity contribution in [3.63, 3.8) is 0 Å². The SMILES string of the molecule is Cc1cc(Br)c(Cl)cc1NC(=O)COC(=O)CN1C(=O)[C@H]2[C@H](C1=O)[C@H]1C=C[C@H]2C1. The van der Waals surface area contributed by atoms with E-state index in [0.717, 1.165) is 16.9 Å². The van der Waals surface area contributed by atoms with Crippen molar-refractivity contribution in [2.45, 2.75) is 13.3 Å². The van der Waals surface area contributed by atoms with Crippen LogP contribution in [-0.2, 0) is 23.9 Å². The van der Waals surface area contributed by atoms with Crippen LogP contribution in [0.2, 0.25) is 5.02 Å². The molecule has 1 aliphatic heterocycles. The summed E-state index contributed by atoms with van der Waals surface area (Å²) in [4.78, 5) is 50.3. The second-order valence-corrected chi connectivity index (χ2v) is 8.81. The molecule has 2 fully saturated rings. The van der Waals surface area contributed by atoms with Crippen molar-refractivity contribution < 1.29 is 23.9 Å². The number of allylic oxidation sites excluding steroid dienone is 2. The van der Waals surface area contributed by atoms with Crippen molar-refractivity contribution in [1.29, 1.82) is 0 Å². The number of hydrogen-bond donors (Lipinski definition) is 1. The third-order valence-electron chi connectivity index (χ3n) is 5.75. The Labute approximate surface area is 180 Å². The van der Waals surface area contributed by atoms with Gasteiger partial charge in [-0.15, -0.1) is 0 Å². The first-order valence-electron chi connectivity index (χ1n) is 9.21. The van der Waals surface area contributed by atoms with Crippen LogP contribution >= 0.6 is 27.5 Å². The third-order valence-corrected chi connectivity index (χ3v) is 6.95.